The lowest BCUT2D eigenvalue weighted by molar-refractivity contribution is -0.0244. The fraction of sp³-hybridized carbons (Fsp3) is 0.600. The third-order valence-corrected chi connectivity index (χ3v) is 3.30. The van der Waals surface area contributed by atoms with E-state index in [1.807, 2.05) is 0 Å². The van der Waals surface area contributed by atoms with E-state index in [4.69, 9.17) is 22.1 Å². The molecule has 2 rings (SSSR count). The van der Waals surface area contributed by atoms with Crippen molar-refractivity contribution in [3.05, 3.63) is 22.7 Å². The summed E-state index contributed by atoms with van der Waals surface area (Å²) in [6.07, 6.45) is 1.81. The second-order valence-corrected chi connectivity index (χ2v) is 5.20. The van der Waals surface area contributed by atoms with Gasteiger partial charge in [-0.15, -0.1) is 0 Å². The number of alkyl halides is 1. The van der Waals surface area contributed by atoms with Crippen molar-refractivity contribution in [3.8, 4) is 0 Å². The first-order chi connectivity index (χ1) is 7.88. The molecule has 0 radical (unpaired) electrons. The van der Waals surface area contributed by atoms with Gasteiger partial charge < -0.3 is 15.6 Å². The summed E-state index contributed by atoms with van der Waals surface area (Å²) >= 11 is 6.36. The molecule has 2 atom stereocenters. The van der Waals surface area contributed by atoms with Crippen LogP contribution in [0, 0.1) is 0 Å². The van der Waals surface area contributed by atoms with Crippen LogP contribution in [0.15, 0.2) is 17.1 Å². The summed E-state index contributed by atoms with van der Waals surface area (Å²) in [5, 5.41) is 9.21. The van der Waals surface area contributed by atoms with Crippen LogP contribution in [0.3, 0.4) is 0 Å². The smallest absolute Gasteiger partial charge is 0.351 e. The topological polar surface area (TPSA) is 90.4 Å². The van der Waals surface area contributed by atoms with Crippen molar-refractivity contribution in [1.82, 2.24) is 9.55 Å². The Morgan fingerprint density at radius 2 is 2.47 bits per heavy atom. The van der Waals surface area contributed by atoms with Gasteiger partial charge in [-0.2, -0.15) is 4.98 Å². The van der Waals surface area contributed by atoms with Crippen LogP contribution in [0.4, 0.5) is 5.82 Å². The monoisotopic (exact) mass is 259 g/mol. The van der Waals surface area contributed by atoms with Gasteiger partial charge in [0.25, 0.3) is 0 Å². The van der Waals surface area contributed by atoms with Crippen LogP contribution in [0.1, 0.15) is 13.3 Å². The first-order valence-corrected chi connectivity index (χ1v) is 5.56. The summed E-state index contributed by atoms with van der Waals surface area (Å²) in [6.45, 7) is 1.72. The van der Waals surface area contributed by atoms with Gasteiger partial charge in [-0.3, -0.25) is 4.57 Å². The van der Waals surface area contributed by atoms with Crippen molar-refractivity contribution in [2.24, 2.45) is 0 Å². The van der Waals surface area contributed by atoms with E-state index >= 15 is 0 Å². The van der Waals surface area contributed by atoms with E-state index in [9.17, 15) is 9.90 Å². The van der Waals surface area contributed by atoms with Gasteiger partial charge in [0.2, 0.25) is 0 Å². The Kier molecular flexibility index (Phi) is 2.89. The summed E-state index contributed by atoms with van der Waals surface area (Å²) in [6, 6.07) is 1.50. The lowest BCUT2D eigenvalue weighted by atomic mass is 10.0. The molecule has 1 aromatic heterocycles. The molecular weight excluding hydrogens is 246 g/mol. The van der Waals surface area contributed by atoms with E-state index in [0.29, 0.717) is 6.42 Å². The van der Waals surface area contributed by atoms with Gasteiger partial charge >= 0.3 is 5.69 Å². The second-order valence-electron chi connectivity index (χ2n) is 4.50. The largest absolute Gasteiger partial charge is 0.393 e. The predicted octanol–water partition coefficient (Wildman–Crippen LogP) is -0.112. The van der Waals surface area contributed by atoms with Crippen molar-refractivity contribution in [2.75, 3.05) is 18.9 Å². The molecule has 0 bridgehead atoms. The number of rotatable bonds is 2. The Hall–Kier alpha value is -1.11. The zero-order valence-corrected chi connectivity index (χ0v) is 10.1. The van der Waals surface area contributed by atoms with Crippen molar-refractivity contribution >= 4 is 17.4 Å². The number of hydrogen-bond donors (Lipinski definition) is 2. The predicted molar refractivity (Wildman–Crippen MR) is 62.8 cm³/mol. The molecule has 0 aliphatic carbocycles. The molecular formula is C10H14ClN3O3. The number of ether oxygens (including phenoxy) is 1. The molecule has 0 spiro atoms. The van der Waals surface area contributed by atoms with E-state index in [-0.39, 0.29) is 19.0 Å². The third kappa shape index (κ3) is 2.15. The number of nitrogen functional groups attached to an aromatic ring is 1. The maximum atomic E-state index is 11.7. The van der Waals surface area contributed by atoms with E-state index in [1.165, 1.54) is 16.8 Å². The highest BCUT2D eigenvalue weighted by atomic mass is 35.5. The maximum absolute atomic E-state index is 11.7. The molecule has 1 saturated heterocycles. The molecule has 1 aliphatic rings. The van der Waals surface area contributed by atoms with Gasteiger partial charge in [0.15, 0.2) is 0 Å². The van der Waals surface area contributed by atoms with Crippen molar-refractivity contribution in [2.45, 2.75) is 23.9 Å². The fourth-order valence-electron chi connectivity index (χ4n) is 1.94. The molecule has 1 aromatic rings. The fourth-order valence-corrected chi connectivity index (χ4v) is 2.40. The molecule has 0 amide bonds. The Labute approximate surface area is 103 Å². The molecule has 17 heavy (non-hydrogen) atoms. The van der Waals surface area contributed by atoms with Crippen molar-refractivity contribution < 1.29 is 9.84 Å². The Morgan fingerprint density at radius 1 is 1.76 bits per heavy atom. The number of anilines is 1. The van der Waals surface area contributed by atoms with E-state index in [0.717, 1.165) is 0 Å². The standard InChI is InChI=1S/C10H14ClN3O3/c1-9(5-15)4-10(11,6-17-9)14-3-2-7(12)13-8(14)16/h2-3,15H,4-6H2,1H3,(H2,12,13,16)/t9-,10-/m0/s1. The van der Waals surface area contributed by atoms with Gasteiger partial charge in [-0.05, 0) is 13.0 Å². The molecule has 2 heterocycles. The Bertz CT molecular complexity index is 492. The molecule has 7 heteroatoms. The molecule has 0 saturated carbocycles. The second kappa shape index (κ2) is 3.97. The van der Waals surface area contributed by atoms with Gasteiger partial charge in [0, 0.05) is 12.6 Å². The van der Waals surface area contributed by atoms with Crippen LogP contribution < -0.4 is 11.4 Å². The molecule has 94 valence electrons. The minimum absolute atomic E-state index is 0.136. The summed E-state index contributed by atoms with van der Waals surface area (Å²) in [5.41, 5.74) is 4.15. The lowest BCUT2D eigenvalue weighted by Crippen LogP contribution is -2.39. The summed E-state index contributed by atoms with van der Waals surface area (Å²) < 4.78 is 6.73. The summed E-state index contributed by atoms with van der Waals surface area (Å²) in [5.74, 6) is 0.148. The molecule has 0 aromatic carbocycles. The van der Waals surface area contributed by atoms with Gasteiger partial charge in [0.05, 0.1) is 18.8 Å². The van der Waals surface area contributed by atoms with E-state index in [1.54, 1.807) is 6.92 Å². The zero-order chi connectivity index (χ0) is 12.7. The van der Waals surface area contributed by atoms with E-state index in [2.05, 4.69) is 4.98 Å². The molecule has 3 N–H and O–H groups in total. The number of nitrogens with two attached hydrogens (primary N) is 1. The molecule has 0 unspecified atom stereocenters. The van der Waals surface area contributed by atoms with Crippen LogP contribution in [-0.2, 0) is 9.73 Å². The number of halogens is 1. The zero-order valence-electron chi connectivity index (χ0n) is 9.39. The average Bonchev–Trinajstić information content (AvgIpc) is 2.57. The Balaban J connectivity index is 2.38. The van der Waals surface area contributed by atoms with Gasteiger partial charge in [-0.1, -0.05) is 11.6 Å². The average molecular weight is 260 g/mol. The van der Waals surface area contributed by atoms with Crippen LogP contribution in [0.25, 0.3) is 0 Å². The highest BCUT2D eigenvalue weighted by Gasteiger charge is 2.47. The van der Waals surface area contributed by atoms with Crippen LogP contribution in [0.5, 0.6) is 0 Å². The van der Waals surface area contributed by atoms with Gasteiger partial charge in [-0.25, -0.2) is 4.79 Å². The normalized spacial score (nSPS) is 32.9. The maximum Gasteiger partial charge on any atom is 0.351 e. The number of hydrogen-bond acceptors (Lipinski definition) is 5. The first kappa shape index (κ1) is 12.3. The van der Waals surface area contributed by atoms with Gasteiger partial charge in [0.1, 0.15) is 10.8 Å². The van der Waals surface area contributed by atoms with Crippen LogP contribution >= 0.6 is 11.6 Å². The number of aromatic nitrogens is 2. The number of aliphatic hydroxyl groups excluding tert-OH is 1. The first-order valence-electron chi connectivity index (χ1n) is 5.18. The quantitative estimate of drug-likeness (QED) is 0.723. The molecule has 1 fully saturated rings. The number of nitrogens with zero attached hydrogens (tertiary/aromatic N) is 2. The summed E-state index contributed by atoms with van der Waals surface area (Å²) in [7, 11) is 0. The van der Waals surface area contributed by atoms with Crippen molar-refractivity contribution in [1.29, 1.82) is 0 Å². The minimum Gasteiger partial charge on any atom is -0.393 e. The highest BCUT2D eigenvalue weighted by molar-refractivity contribution is 6.22. The highest BCUT2D eigenvalue weighted by Crippen LogP contribution is 2.40. The Morgan fingerprint density at radius 3 is 3.00 bits per heavy atom. The molecule has 6 nitrogen and oxygen atoms in total. The minimum atomic E-state index is -1.02. The van der Waals surface area contributed by atoms with Crippen LogP contribution in [-0.4, -0.2) is 33.5 Å². The van der Waals surface area contributed by atoms with E-state index < -0.39 is 16.3 Å². The SMILES string of the molecule is C[C@@]1(CO)C[C@](Cl)(n2ccc(N)nc2=O)CO1. The van der Waals surface area contributed by atoms with Crippen molar-refractivity contribution in [3.63, 3.8) is 0 Å². The summed E-state index contributed by atoms with van der Waals surface area (Å²) in [4.78, 5) is 14.3. The van der Waals surface area contributed by atoms with Crippen LogP contribution in [0.2, 0.25) is 0 Å². The third-order valence-electron chi connectivity index (χ3n) is 2.88. The number of aliphatic hydroxyl groups is 1. The lowest BCUT2D eigenvalue weighted by Gasteiger charge is -2.24. The molecule has 1 aliphatic heterocycles.